The molecule has 25 heavy (non-hydrogen) atoms. The van der Waals surface area contributed by atoms with Crippen LogP contribution in [0.3, 0.4) is 0 Å². The van der Waals surface area contributed by atoms with Gasteiger partial charge >= 0.3 is 0 Å². The predicted molar refractivity (Wildman–Crippen MR) is 99.9 cm³/mol. The fraction of sp³-hybridized carbons (Fsp3) is 0.0455. The number of hydrogen-bond donors (Lipinski definition) is 0. The molecule has 0 radical (unpaired) electrons. The van der Waals surface area contributed by atoms with Gasteiger partial charge in [-0.2, -0.15) is 5.26 Å². The van der Waals surface area contributed by atoms with Gasteiger partial charge in [-0.25, -0.2) is 0 Å². The van der Waals surface area contributed by atoms with Gasteiger partial charge in [0.05, 0.1) is 17.1 Å². The van der Waals surface area contributed by atoms with E-state index in [9.17, 15) is 5.26 Å². The van der Waals surface area contributed by atoms with E-state index in [1.807, 2.05) is 43.3 Å². The van der Waals surface area contributed by atoms with Crippen molar-refractivity contribution >= 4 is 10.9 Å². The molecule has 2 heterocycles. The van der Waals surface area contributed by atoms with E-state index in [1.165, 1.54) is 0 Å². The second kappa shape index (κ2) is 6.18. The van der Waals surface area contributed by atoms with Gasteiger partial charge in [0.2, 0.25) is 0 Å². The molecule has 0 unspecified atom stereocenters. The van der Waals surface area contributed by atoms with Crippen LogP contribution in [0.1, 0.15) is 11.3 Å². The number of benzene rings is 2. The zero-order chi connectivity index (χ0) is 17.2. The summed E-state index contributed by atoms with van der Waals surface area (Å²) in [6.45, 7) is 1.99. The summed E-state index contributed by atoms with van der Waals surface area (Å²) in [5.41, 5.74) is 6.51. The summed E-state index contributed by atoms with van der Waals surface area (Å²) in [5.74, 6) is 0. The number of pyridine rings is 2. The van der Waals surface area contributed by atoms with E-state index < -0.39 is 0 Å². The van der Waals surface area contributed by atoms with Crippen LogP contribution in [0.4, 0.5) is 0 Å². The van der Waals surface area contributed by atoms with Crippen LogP contribution in [0.15, 0.2) is 73.1 Å². The number of fused-ring (bicyclic) bond motifs is 1. The maximum Gasteiger partial charge on any atom is 0.0998 e. The summed E-state index contributed by atoms with van der Waals surface area (Å²) >= 11 is 0. The first-order chi connectivity index (χ1) is 12.2. The lowest BCUT2D eigenvalue weighted by atomic mass is 9.96. The van der Waals surface area contributed by atoms with Crippen molar-refractivity contribution in [2.45, 2.75) is 6.92 Å². The molecule has 4 rings (SSSR count). The lowest BCUT2D eigenvalue weighted by Gasteiger charge is -2.08. The van der Waals surface area contributed by atoms with E-state index in [2.05, 4.69) is 40.3 Å². The van der Waals surface area contributed by atoms with Gasteiger partial charge in [0.15, 0.2) is 0 Å². The predicted octanol–water partition coefficient (Wildman–Crippen LogP) is 5.14. The van der Waals surface area contributed by atoms with E-state index in [4.69, 9.17) is 0 Å². The van der Waals surface area contributed by atoms with Gasteiger partial charge in [0.25, 0.3) is 0 Å². The molecule has 0 saturated heterocycles. The van der Waals surface area contributed by atoms with E-state index in [1.54, 1.807) is 12.4 Å². The molecule has 0 saturated carbocycles. The summed E-state index contributed by atoms with van der Waals surface area (Å²) in [6, 6.07) is 22.4. The van der Waals surface area contributed by atoms with Gasteiger partial charge in [0.1, 0.15) is 0 Å². The van der Waals surface area contributed by atoms with E-state index in [0.29, 0.717) is 5.56 Å². The smallest absolute Gasteiger partial charge is 0.0998 e. The van der Waals surface area contributed by atoms with Crippen LogP contribution in [0, 0.1) is 18.3 Å². The average molecular weight is 321 g/mol. The lowest BCUT2D eigenvalue weighted by Crippen LogP contribution is -1.88. The van der Waals surface area contributed by atoms with Crippen molar-refractivity contribution in [1.29, 1.82) is 5.26 Å². The van der Waals surface area contributed by atoms with Gasteiger partial charge in [-0.1, -0.05) is 36.4 Å². The first-order valence-electron chi connectivity index (χ1n) is 8.07. The van der Waals surface area contributed by atoms with Crippen LogP contribution >= 0.6 is 0 Å². The van der Waals surface area contributed by atoms with Crippen molar-refractivity contribution in [3.05, 3.63) is 84.3 Å². The number of hydrogen-bond acceptors (Lipinski definition) is 3. The molecule has 0 aliphatic carbocycles. The highest BCUT2D eigenvalue weighted by Crippen LogP contribution is 2.29. The second-order valence-electron chi connectivity index (χ2n) is 5.97. The largest absolute Gasteiger partial charge is 0.264 e. The van der Waals surface area contributed by atoms with Crippen molar-refractivity contribution in [1.82, 2.24) is 9.97 Å². The average Bonchev–Trinajstić information content (AvgIpc) is 2.67. The van der Waals surface area contributed by atoms with Gasteiger partial charge in [0, 0.05) is 34.6 Å². The fourth-order valence-corrected chi connectivity index (χ4v) is 2.99. The first kappa shape index (κ1) is 15.0. The number of nitriles is 1. The molecule has 4 aromatic rings. The Hall–Kier alpha value is -3.51. The molecule has 0 aliphatic rings. The van der Waals surface area contributed by atoms with Crippen LogP contribution in [0.25, 0.3) is 33.2 Å². The van der Waals surface area contributed by atoms with Crippen molar-refractivity contribution in [2.24, 2.45) is 0 Å². The maximum atomic E-state index is 9.58. The standard InChI is InChI=1S/C22H15N3/c1-15-4-5-16-6-7-18(12-22(16)25-15)17-8-9-21(20(11-17)13-23)19-3-2-10-24-14-19/h2-12,14H,1H3. The Morgan fingerprint density at radius 3 is 2.48 bits per heavy atom. The van der Waals surface area contributed by atoms with Crippen molar-refractivity contribution in [3.8, 4) is 28.3 Å². The van der Waals surface area contributed by atoms with Gasteiger partial charge in [-0.3, -0.25) is 9.97 Å². The highest BCUT2D eigenvalue weighted by molar-refractivity contribution is 5.85. The Morgan fingerprint density at radius 2 is 1.68 bits per heavy atom. The third-order valence-corrected chi connectivity index (χ3v) is 4.28. The first-order valence-corrected chi connectivity index (χ1v) is 8.07. The van der Waals surface area contributed by atoms with Gasteiger partial charge in [-0.05, 0) is 42.3 Å². The van der Waals surface area contributed by atoms with Gasteiger partial charge < -0.3 is 0 Å². The normalized spacial score (nSPS) is 10.6. The molecule has 2 aromatic carbocycles. The number of aromatic nitrogens is 2. The highest BCUT2D eigenvalue weighted by Gasteiger charge is 2.08. The summed E-state index contributed by atoms with van der Waals surface area (Å²) in [7, 11) is 0. The molecular weight excluding hydrogens is 306 g/mol. The molecule has 0 bridgehead atoms. The molecule has 3 nitrogen and oxygen atoms in total. The Morgan fingerprint density at radius 1 is 0.880 bits per heavy atom. The van der Waals surface area contributed by atoms with Crippen molar-refractivity contribution in [2.75, 3.05) is 0 Å². The summed E-state index contributed by atoms with van der Waals surface area (Å²) in [4.78, 5) is 8.74. The zero-order valence-corrected chi connectivity index (χ0v) is 13.8. The Balaban J connectivity index is 1.83. The molecule has 118 valence electrons. The third-order valence-electron chi connectivity index (χ3n) is 4.28. The number of aryl methyl sites for hydroxylation is 1. The molecule has 0 N–H and O–H groups in total. The van der Waals surface area contributed by atoms with E-state index in [0.717, 1.165) is 38.9 Å². The Labute approximate surface area is 146 Å². The van der Waals surface area contributed by atoms with Crippen LogP contribution in [-0.4, -0.2) is 9.97 Å². The van der Waals surface area contributed by atoms with Crippen LogP contribution < -0.4 is 0 Å². The fourth-order valence-electron chi connectivity index (χ4n) is 2.99. The van der Waals surface area contributed by atoms with E-state index >= 15 is 0 Å². The number of rotatable bonds is 2. The highest BCUT2D eigenvalue weighted by atomic mass is 14.7. The lowest BCUT2D eigenvalue weighted by molar-refractivity contribution is 1.26. The molecule has 3 heteroatoms. The quantitative estimate of drug-likeness (QED) is 0.513. The molecular formula is C22H15N3. The second-order valence-corrected chi connectivity index (χ2v) is 5.97. The maximum absolute atomic E-state index is 9.58. The molecule has 2 aromatic heterocycles. The van der Waals surface area contributed by atoms with Crippen molar-refractivity contribution in [3.63, 3.8) is 0 Å². The molecule has 0 fully saturated rings. The SMILES string of the molecule is Cc1ccc2ccc(-c3ccc(-c4cccnc4)c(C#N)c3)cc2n1. The molecule has 0 atom stereocenters. The van der Waals surface area contributed by atoms with Crippen LogP contribution in [0.2, 0.25) is 0 Å². The molecule has 0 spiro atoms. The monoisotopic (exact) mass is 321 g/mol. The Bertz CT molecular complexity index is 1110. The van der Waals surface area contributed by atoms with E-state index in [-0.39, 0.29) is 0 Å². The minimum absolute atomic E-state index is 0.641. The summed E-state index contributed by atoms with van der Waals surface area (Å²) < 4.78 is 0. The Kier molecular flexibility index (Phi) is 3.72. The third kappa shape index (κ3) is 2.86. The minimum Gasteiger partial charge on any atom is -0.264 e. The zero-order valence-electron chi connectivity index (χ0n) is 13.8. The van der Waals surface area contributed by atoms with Crippen LogP contribution in [0.5, 0.6) is 0 Å². The number of nitrogens with zero attached hydrogens (tertiary/aromatic N) is 3. The van der Waals surface area contributed by atoms with Gasteiger partial charge in [-0.15, -0.1) is 0 Å². The minimum atomic E-state index is 0.641. The molecule has 0 aliphatic heterocycles. The summed E-state index contributed by atoms with van der Waals surface area (Å²) in [5, 5.41) is 10.7. The van der Waals surface area contributed by atoms with Crippen molar-refractivity contribution < 1.29 is 0 Å². The molecule has 0 amide bonds. The topological polar surface area (TPSA) is 49.6 Å². The van der Waals surface area contributed by atoms with Crippen LogP contribution in [-0.2, 0) is 0 Å². The summed E-state index contributed by atoms with van der Waals surface area (Å²) in [6.07, 6.45) is 3.51.